The van der Waals surface area contributed by atoms with Crippen LogP contribution in [-0.4, -0.2) is 42.9 Å². The number of nitrogens with zero attached hydrogens (tertiary/aromatic N) is 2. The SMILES string of the molecule is CCC1(c2ccccc2)NC(=O)N(CC(=O)N2CCCc3c(C)ccc(OC)c32)C1=O. The lowest BCUT2D eigenvalue weighted by Gasteiger charge is -2.33. The molecular formula is C24H27N3O4. The van der Waals surface area contributed by atoms with Gasteiger partial charge in [-0.2, -0.15) is 0 Å². The smallest absolute Gasteiger partial charge is 0.325 e. The van der Waals surface area contributed by atoms with E-state index in [1.807, 2.05) is 56.3 Å². The Morgan fingerprint density at radius 2 is 1.90 bits per heavy atom. The largest absolute Gasteiger partial charge is 0.495 e. The molecule has 4 amide bonds. The molecule has 31 heavy (non-hydrogen) atoms. The number of amides is 4. The molecule has 4 rings (SSSR count). The fraction of sp³-hybridized carbons (Fsp3) is 0.375. The summed E-state index contributed by atoms with van der Waals surface area (Å²) in [5.41, 5.74) is 2.48. The number of imide groups is 1. The van der Waals surface area contributed by atoms with Gasteiger partial charge >= 0.3 is 6.03 Å². The Bertz CT molecular complexity index is 1040. The quantitative estimate of drug-likeness (QED) is 0.753. The molecule has 2 aliphatic rings. The number of carbonyl (C=O) groups excluding carboxylic acids is 3. The van der Waals surface area contributed by atoms with Crippen LogP contribution in [0.25, 0.3) is 0 Å². The van der Waals surface area contributed by atoms with Gasteiger partial charge in [0.2, 0.25) is 5.91 Å². The monoisotopic (exact) mass is 421 g/mol. The van der Waals surface area contributed by atoms with Crippen LogP contribution in [0.3, 0.4) is 0 Å². The average Bonchev–Trinajstić information content (AvgIpc) is 3.05. The number of hydrogen-bond acceptors (Lipinski definition) is 4. The molecule has 2 aliphatic heterocycles. The molecule has 1 N–H and O–H groups in total. The highest BCUT2D eigenvalue weighted by molar-refractivity contribution is 6.11. The Labute approximate surface area is 182 Å². The Balaban J connectivity index is 1.63. The molecule has 7 nitrogen and oxygen atoms in total. The van der Waals surface area contributed by atoms with Gasteiger partial charge in [0.25, 0.3) is 5.91 Å². The summed E-state index contributed by atoms with van der Waals surface area (Å²) < 4.78 is 5.51. The molecule has 2 aromatic carbocycles. The van der Waals surface area contributed by atoms with Crippen molar-refractivity contribution in [2.75, 3.05) is 25.1 Å². The van der Waals surface area contributed by atoms with E-state index in [1.165, 1.54) is 0 Å². The number of anilines is 1. The number of aryl methyl sites for hydroxylation is 1. The molecule has 0 aromatic heterocycles. The third-order valence-electron chi connectivity index (χ3n) is 6.35. The van der Waals surface area contributed by atoms with Crippen LogP contribution in [-0.2, 0) is 21.5 Å². The number of methoxy groups -OCH3 is 1. The maximum atomic E-state index is 13.4. The normalized spacial score (nSPS) is 20.5. The van der Waals surface area contributed by atoms with Crippen LogP contribution in [0.5, 0.6) is 5.75 Å². The van der Waals surface area contributed by atoms with Gasteiger partial charge < -0.3 is 15.0 Å². The minimum Gasteiger partial charge on any atom is -0.495 e. The summed E-state index contributed by atoms with van der Waals surface area (Å²) >= 11 is 0. The predicted octanol–water partition coefficient (Wildman–Crippen LogP) is 3.14. The molecule has 7 heteroatoms. The molecule has 0 aliphatic carbocycles. The maximum absolute atomic E-state index is 13.4. The van der Waals surface area contributed by atoms with Crippen LogP contribution >= 0.6 is 0 Å². The van der Waals surface area contributed by atoms with Crippen molar-refractivity contribution in [2.45, 2.75) is 38.6 Å². The average molecular weight is 421 g/mol. The second kappa shape index (κ2) is 8.06. The number of benzene rings is 2. The topological polar surface area (TPSA) is 79.0 Å². The van der Waals surface area contributed by atoms with Gasteiger partial charge in [0, 0.05) is 6.54 Å². The Morgan fingerprint density at radius 1 is 1.16 bits per heavy atom. The van der Waals surface area contributed by atoms with Gasteiger partial charge in [-0.1, -0.05) is 43.3 Å². The molecule has 162 valence electrons. The van der Waals surface area contributed by atoms with Crippen LogP contribution in [0.1, 0.15) is 36.5 Å². The van der Waals surface area contributed by atoms with E-state index in [1.54, 1.807) is 12.0 Å². The zero-order valence-electron chi connectivity index (χ0n) is 18.1. The van der Waals surface area contributed by atoms with Gasteiger partial charge in [-0.25, -0.2) is 4.79 Å². The third kappa shape index (κ3) is 3.34. The van der Waals surface area contributed by atoms with Crippen LogP contribution in [0, 0.1) is 6.92 Å². The number of nitrogens with one attached hydrogen (secondary N) is 1. The predicted molar refractivity (Wildman–Crippen MR) is 117 cm³/mol. The number of rotatable bonds is 5. The van der Waals surface area contributed by atoms with E-state index >= 15 is 0 Å². The molecule has 1 unspecified atom stereocenters. The summed E-state index contributed by atoms with van der Waals surface area (Å²) in [6.45, 7) is 4.08. The highest BCUT2D eigenvalue weighted by atomic mass is 16.5. The first-order chi connectivity index (χ1) is 14.9. The molecule has 1 fully saturated rings. The van der Waals surface area contributed by atoms with Gasteiger partial charge in [-0.05, 0) is 48.9 Å². The van der Waals surface area contributed by atoms with E-state index in [0.29, 0.717) is 24.3 Å². The summed E-state index contributed by atoms with van der Waals surface area (Å²) in [4.78, 5) is 42.1. The molecule has 1 atom stereocenters. The van der Waals surface area contributed by atoms with Gasteiger partial charge in [-0.3, -0.25) is 14.5 Å². The molecule has 0 bridgehead atoms. The highest BCUT2D eigenvalue weighted by Gasteiger charge is 2.52. The van der Waals surface area contributed by atoms with Crippen molar-refractivity contribution in [3.8, 4) is 5.75 Å². The molecule has 0 radical (unpaired) electrons. The van der Waals surface area contributed by atoms with Crippen molar-refractivity contribution in [3.63, 3.8) is 0 Å². The summed E-state index contributed by atoms with van der Waals surface area (Å²) in [5, 5.41) is 2.83. The minimum absolute atomic E-state index is 0.298. The first kappa shape index (κ1) is 20.9. The standard InChI is InChI=1S/C24H27N3O4/c1-4-24(17-9-6-5-7-10-17)22(29)27(23(30)25-24)15-20(28)26-14-8-11-18-16(2)12-13-19(31-3)21(18)26/h5-7,9-10,12-13H,4,8,11,14-15H2,1-3H3,(H,25,30). The zero-order chi connectivity index (χ0) is 22.2. The van der Waals surface area contributed by atoms with E-state index in [0.717, 1.165) is 34.6 Å². The van der Waals surface area contributed by atoms with Crippen molar-refractivity contribution in [3.05, 3.63) is 59.2 Å². The fourth-order valence-electron chi connectivity index (χ4n) is 4.62. The van der Waals surface area contributed by atoms with E-state index < -0.39 is 17.5 Å². The number of ether oxygens (including phenoxy) is 1. The van der Waals surface area contributed by atoms with Gasteiger partial charge in [0.05, 0.1) is 12.8 Å². The summed E-state index contributed by atoms with van der Waals surface area (Å²) in [6.07, 6.45) is 2.07. The van der Waals surface area contributed by atoms with Gasteiger partial charge in [0.15, 0.2) is 0 Å². The second-order valence-electron chi connectivity index (χ2n) is 8.01. The Hall–Kier alpha value is -3.35. The summed E-state index contributed by atoms with van der Waals surface area (Å²) in [6, 6.07) is 12.5. The Kier molecular flexibility index (Phi) is 5.43. The fourth-order valence-corrected chi connectivity index (χ4v) is 4.62. The second-order valence-corrected chi connectivity index (χ2v) is 8.01. The van der Waals surface area contributed by atoms with E-state index in [-0.39, 0.29) is 12.5 Å². The van der Waals surface area contributed by atoms with Crippen molar-refractivity contribution in [2.24, 2.45) is 0 Å². The van der Waals surface area contributed by atoms with Crippen LogP contribution in [0.4, 0.5) is 10.5 Å². The number of urea groups is 1. The molecule has 1 saturated heterocycles. The molecule has 2 heterocycles. The van der Waals surface area contributed by atoms with Gasteiger partial charge in [0.1, 0.15) is 17.8 Å². The van der Waals surface area contributed by atoms with Crippen LogP contribution in [0.15, 0.2) is 42.5 Å². The minimum atomic E-state index is -1.15. The third-order valence-corrected chi connectivity index (χ3v) is 6.35. The lowest BCUT2D eigenvalue weighted by atomic mass is 9.87. The van der Waals surface area contributed by atoms with Crippen molar-refractivity contribution >= 4 is 23.5 Å². The van der Waals surface area contributed by atoms with E-state index in [2.05, 4.69) is 5.32 Å². The van der Waals surface area contributed by atoms with E-state index in [4.69, 9.17) is 4.74 Å². The molecule has 0 spiro atoms. The summed E-state index contributed by atoms with van der Waals surface area (Å²) in [5.74, 6) is -0.0701. The summed E-state index contributed by atoms with van der Waals surface area (Å²) in [7, 11) is 1.58. The van der Waals surface area contributed by atoms with Crippen LogP contribution < -0.4 is 15.0 Å². The lowest BCUT2D eigenvalue weighted by Crippen LogP contribution is -2.46. The maximum Gasteiger partial charge on any atom is 0.325 e. The van der Waals surface area contributed by atoms with Gasteiger partial charge in [-0.15, -0.1) is 0 Å². The molecule has 2 aromatic rings. The Morgan fingerprint density at radius 3 is 2.58 bits per heavy atom. The van der Waals surface area contributed by atoms with E-state index in [9.17, 15) is 14.4 Å². The van der Waals surface area contributed by atoms with Crippen molar-refractivity contribution < 1.29 is 19.1 Å². The first-order valence-corrected chi connectivity index (χ1v) is 10.6. The van der Waals surface area contributed by atoms with Crippen LogP contribution in [0.2, 0.25) is 0 Å². The number of carbonyl (C=O) groups is 3. The van der Waals surface area contributed by atoms with Crippen molar-refractivity contribution in [1.29, 1.82) is 0 Å². The highest BCUT2D eigenvalue weighted by Crippen LogP contribution is 2.39. The lowest BCUT2D eigenvalue weighted by molar-refractivity contribution is -0.134. The zero-order valence-corrected chi connectivity index (χ0v) is 18.1. The molecule has 0 saturated carbocycles. The van der Waals surface area contributed by atoms with Crippen molar-refractivity contribution in [1.82, 2.24) is 10.2 Å². The number of fused-ring (bicyclic) bond motifs is 1. The first-order valence-electron chi connectivity index (χ1n) is 10.6. The number of hydrogen-bond donors (Lipinski definition) is 1. The molecular weight excluding hydrogens is 394 g/mol.